The third-order valence-electron chi connectivity index (χ3n) is 3.93. The summed E-state index contributed by atoms with van der Waals surface area (Å²) >= 11 is 0. The molecule has 5 heteroatoms. The number of nitrogens with two attached hydrogens (primary N) is 1. The van der Waals surface area contributed by atoms with Crippen molar-refractivity contribution in [3.05, 3.63) is 35.4 Å². The Kier molecular flexibility index (Phi) is 4.70. The average molecular weight is 282 g/mol. The standard InChI is InChI=1S/C15H20F2N2O/c1-2-19(15(20)10-6-7-11(18)8-10)9-12-13(16)4-3-5-14(12)17/h3-5,10-11H,2,6-9,18H2,1H3. The summed E-state index contributed by atoms with van der Waals surface area (Å²) in [5.74, 6) is -1.39. The molecule has 0 radical (unpaired) electrons. The van der Waals surface area contributed by atoms with Crippen LogP contribution in [-0.2, 0) is 11.3 Å². The van der Waals surface area contributed by atoms with E-state index in [1.807, 2.05) is 6.92 Å². The van der Waals surface area contributed by atoms with Gasteiger partial charge in [0.25, 0.3) is 0 Å². The first-order chi connectivity index (χ1) is 9.52. The molecule has 2 atom stereocenters. The van der Waals surface area contributed by atoms with E-state index in [-0.39, 0.29) is 30.0 Å². The van der Waals surface area contributed by atoms with Crippen LogP contribution in [0.15, 0.2) is 18.2 Å². The molecule has 1 aromatic rings. The summed E-state index contributed by atoms with van der Waals surface area (Å²) in [7, 11) is 0. The summed E-state index contributed by atoms with van der Waals surface area (Å²) < 4.78 is 27.3. The zero-order valence-electron chi connectivity index (χ0n) is 11.6. The summed E-state index contributed by atoms with van der Waals surface area (Å²) in [6.45, 7) is 2.21. The number of hydrogen-bond acceptors (Lipinski definition) is 2. The molecule has 20 heavy (non-hydrogen) atoms. The fraction of sp³-hybridized carbons (Fsp3) is 0.533. The van der Waals surface area contributed by atoms with Gasteiger partial charge in [0.05, 0.1) is 6.54 Å². The summed E-state index contributed by atoms with van der Waals surface area (Å²) in [5.41, 5.74) is 5.76. The summed E-state index contributed by atoms with van der Waals surface area (Å²) in [6.07, 6.45) is 2.26. The summed E-state index contributed by atoms with van der Waals surface area (Å²) in [4.78, 5) is 13.9. The molecular weight excluding hydrogens is 262 g/mol. The van der Waals surface area contributed by atoms with Crippen LogP contribution >= 0.6 is 0 Å². The van der Waals surface area contributed by atoms with Crippen molar-refractivity contribution in [2.24, 2.45) is 11.7 Å². The number of carbonyl (C=O) groups excluding carboxylic acids is 1. The second-order valence-electron chi connectivity index (χ2n) is 5.32. The van der Waals surface area contributed by atoms with Crippen molar-refractivity contribution in [1.29, 1.82) is 0 Å². The lowest BCUT2D eigenvalue weighted by atomic mass is 10.1. The van der Waals surface area contributed by atoms with E-state index in [9.17, 15) is 13.6 Å². The quantitative estimate of drug-likeness (QED) is 0.922. The zero-order chi connectivity index (χ0) is 14.7. The zero-order valence-corrected chi connectivity index (χ0v) is 11.6. The molecule has 0 bridgehead atoms. The Morgan fingerprint density at radius 2 is 2.00 bits per heavy atom. The van der Waals surface area contributed by atoms with Gasteiger partial charge < -0.3 is 10.6 Å². The molecule has 0 heterocycles. The molecule has 0 aliphatic heterocycles. The Labute approximate surface area is 117 Å². The van der Waals surface area contributed by atoms with Crippen LogP contribution in [0.2, 0.25) is 0 Å². The molecule has 1 fully saturated rings. The Balaban J connectivity index is 2.11. The van der Waals surface area contributed by atoms with Gasteiger partial charge in [-0.05, 0) is 38.3 Å². The van der Waals surface area contributed by atoms with Crippen molar-refractivity contribution in [2.75, 3.05) is 6.54 Å². The number of rotatable bonds is 4. The second kappa shape index (κ2) is 6.31. The van der Waals surface area contributed by atoms with E-state index in [1.54, 1.807) is 0 Å². The van der Waals surface area contributed by atoms with Crippen molar-refractivity contribution in [3.8, 4) is 0 Å². The first kappa shape index (κ1) is 14.9. The van der Waals surface area contributed by atoms with E-state index >= 15 is 0 Å². The minimum atomic E-state index is -0.612. The molecule has 1 aliphatic rings. The van der Waals surface area contributed by atoms with Crippen LogP contribution in [0.3, 0.4) is 0 Å². The first-order valence-electron chi connectivity index (χ1n) is 7.00. The van der Waals surface area contributed by atoms with Crippen molar-refractivity contribution < 1.29 is 13.6 Å². The van der Waals surface area contributed by atoms with Gasteiger partial charge in [0.15, 0.2) is 0 Å². The SMILES string of the molecule is CCN(Cc1c(F)cccc1F)C(=O)C1CCC(N)C1. The number of hydrogen-bond donors (Lipinski definition) is 1. The molecule has 1 amide bonds. The van der Waals surface area contributed by atoms with Gasteiger partial charge in [-0.3, -0.25) is 4.79 Å². The van der Waals surface area contributed by atoms with E-state index in [0.29, 0.717) is 13.0 Å². The number of halogens is 2. The topological polar surface area (TPSA) is 46.3 Å². The highest BCUT2D eigenvalue weighted by Crippen LogP contribution is 2.27. The predicted molar refractivity (Wildman–Crippen MR) is 72.8 cm³/mol. The highest BCUT2D eigenvalue weighted by molar-refractivity contribution is 5.79. The lowest BCUT2D eigenvalue weighted by Gasteiger charge is -2.24. The Morgan fingerprint density at radius 1 is 1.35 bits per heavy atom. The highest BCUT2D eigenvalue weighted by Gasteiger charge is 2.31. The second-order valence-corrected chi connectivity index (χ2v) is 5.32. The molecule has 0 spiro atoms. The molecule has 1 aromatic carbocycles. The van der Waals surface area contributed by atoms with Gasteiger partial charge in [-0.25, -0.2) is 8.78 Å². The van der Waals surface area contributed by atoms with Crippen molar-refractivity contribution in [1.82, 2.24) is 4.90 Å². The van der Waals surface area contributed by atoms with E-state index in [0.717, 1.165) is 12.8 Å². The fourth-order valence-electron chi connectivity index (χ4n) is 2.72. The summed E-state index contributed by atoms with van der Waals surface area (Å²) in [5, 5.41) is 0. The first-order valence-corrected chi connectivity index (χ1v) is 7.00. The van der Waals surface area contributed by atoms with Gasteiger partial charge in [-0.1, -0.05) is 6.07 Å². The average Bonchev–Trinajstić information content (AvgIpc) is 2.84. The van der Waals surface area contributed by atoms with Crippen molar-refractivity contribution in [3.63, 3.8) is 0 Å². The third-order valence-corrected chi connectivity index (χ3v) is 3.93. The maximum atomic E-state index is 13.7. The van der Waals surface area contributed by atoms with Gasteiger partial charge in [0.1, 0.15) is 11.6 Å². The monoisotopic (exact) mass is 282 g/mol. The van der Waals surface area contributed by atoms with E-state index < -0.39 is 11.6 Å². The lowest BCUT2D eigenvalue weighted by molar-refractivity contribution is -0.135. The Morgan fingerprint density at radius 3 is 2.50 bits per heavy atom. The van der Waals surface area contributed by atoms with Crippen LogP contribution in [0, 0.1) is 17.6 Å². The minimum absolute atomic E-state index is 0.0282. The molecule has 2 rings (SSSR count). The molecule has 3 nitrogen and oxygen atoms in total. The van der Waals surface area contributed by atoms with Crippen LogP contribution in [0.5, 0.6) is 0 Å². The maximum Gasteiger partial charge on any atom is 0.226 e. The van der Waals surface area contributed by atoms with Crippen molar-refractivity contribution >= 4 is 5.91 Å². The Hall–Kier alpha value is -1.49. The minimum Gasteiger partial charge on any atom is -0.338 e. The van der Waals surface area contributed by atoms with Crippen LogP contribution in [0.25, 0.3) is 0 Å². The van der Waals surface area contributed by atoms with Gasteiger partial charge in [-0.15, -0.1) is 0 Å². The van der Waals surface area contributed by atoms with Crippen molar-refractivity contribution in [2.45, 2.75) is 38.8 Å². The van der Waals surface area contributed by atoms with Crippen LogP contribution in [0.4, 0.5) is 8.78 Å². The Bertz CT molecular complexity index is 473. The maximum absolute atomic E-state index is 13.7. The molecule has 0 aromatic heterocycles. The van der Waals surface area contributed by atoms with E-state index in [1.165, 1.54) is 23.1 Å². The smallest absolute Gasteiger partial charge is 0.226 e. The molecule has 2 unspecified atom stereocenters. The largest absolute Gasteiger partial charge is 0.338 e. The van der Waals surface area contributed by atoms with E-state index in [2.05, 4.69) is 0 Å². The number of benzene rings is 1. The molecule has 1 saturated carbocycles. The predicted octanol–water partition coefficient (Wildman–Crippen LogP) is 2.44. The van der Waals surface area contributed by atoms with Crippen LogP contribution < -0.4 is 5.73 Å². The normalized spacial score (nSPS) is 22.0. The molecule has 0 saturated heterocycles. The number of carbonyl (C=O) groups is 1. The van der Waals surface area contributed by atoms with Gasteiger partial charge in [-0.2, -0.15) is 0 Å². The van der Waals surface area contributed by atoms with Gasteiger partial charge >= 0.3 is 0 Å². The van der Waals surface area contributed by atoms with Gasteiger partial charge in [0.2, 0.25) is 5.91 Å². The number of nitrogens with zero attached hydrogens (tertiary/aromatic N) is 1. The van der Waals surface area contributed by atoms with Crippen LogP contribution in [0.1, 0.15) is 31.7 Å². The molecule has 2 N–H and O–H groups in total. The third kappa shape index (κ3) is 3.15. The highest BCUT2D eigenvalue weighted by atomic mass is 19.1. The molecular formula is C15H20F2N2O. The fourth-order valence-corrected chi connectivity index (χ4v) is 2.72. The van der Waals surface area contributed by atoms with Crippen LogP contribution in [-0.4, -0.2) is 23.4 Å². The van der Waals surface area contributed by atoms with Gasteiger partial charge in [0, 0.05) is 24.1 Å². The summed E-state index contributed by atoms with van der Waals surface area (Å²) in [6, 6.07) is 3.81. The molecule has 110 valence electrons. The molecule has 1 aliphatic carbocycles. The van der Waals surface area contributed by atoms with E-state index in [4.69, 9.17) is 5.73 Å². The lowest BCUT2D eigenvalue weighted by Crippen LogP contribution is -2.35. The number of amides is 1.